The summed E-state index contributed by atoms with van der Waals surface area (Å²) in [7, 11) is 1.99. The van der Waals surface area contributed by atoms with Crippen molar-refractivity contribution in [3.63, 3.8) is 0 Å². The minimum absolute atomic E-state index is 0.00282. The molecule has 1 atom stereocenters. The Morgan fingerprint density at radius 2 is 2.00 bits per heavy atom. The van der Waals surface area contributed by atoms with Crippen molar-refractivity contribution < 1.29 is 8.78 Å². The molecule has 1 aromatic heterocycles. The molecule has 7 nitrogen and oxygen atoms in total. The van der Waals surface area contributed by atoms with Crippen LogP contribution in [0.25, 0.3) is 10.9 Å². The van der Waals surface area contributed by atoms with Gasteiger partial charge in [-0.1, -0.05) is 23.7 Å². The molecule has 2 heterocycles. The van der Waals surface area contributed by atoms with Crippen molar-refractivity contribution in [1.82, 2.24) is 21.0 Å². The number of pyridine rings is 1. The van der Waals surface area contributed by atoms with Gasteiger partial charge in [0, 0.05) is 36.1 Å². The Kier molecular flexibility index (Phi) is 6.38. The molecule has 1 saturated carbocycles. The van der Waals surface area contributed by atoms with Gasteiger partial charge in [-0.15, -0.1) is 5.53 Å². The fourth-order valence-electron chi connectivity index (χ4n) is 4.40. The first-order valence-electron chi connectivity index (χ1n) is 12.1. The Labute approximate surface area is 220 Å². The third kappa shape index (κ3) is 5.15. The second-order valence-corrected chi connectivity index (χ2v) is 10.7. The normalized spacial score (nSPS) is 17.1. The number of benzene rings is 2. The van der Waals surface area contributed by atoms with Crippen LogP contribution in [0.3, 0.4) is 0 Å². The highest BCUT2D eigenvalue weighted by atomic mass is 35.5. The molecule has 0 spiro atoms. The van der Waals surface area contributed by atoms with Crippen molar-refractivity contribution in [3.8, 4) is 6.07 Å². The number of aromatic nitrogens is 1. The maximum absolute atomic E-state index is 14.3. The number of nitrogens with one attached hydrogen (secondary N) is 4. The highest BCUT2D eigenvalue weighted by Crippen LogP contribution is 2.38. The first-order chi connectivity index (χ1) is 17.6. The average molecular weight is 522 g/mol. The molecule has 0 saturated heterocycles. The van der Waals surface area contributed by atoms with Crippen LogP contribution in [0.15, 0.2) is 54.5 Å². The van der Waals surface area contributed by atoms with Crippen molar-refractivity contribution in [2.45, 2.75) is 43.8 Å². The van der Waals surface area contributed by atoms with Gasteiger partial charge in [-0.3, -0.25) is 9.99 Å². The zero-order chi connectivity index (χ0) is 26.4. The number of hydrogen-bond acceptors (Lipinski definition) is 7. The van der Waals surface area contributed by atoms with Gasteiger partial charge in [0.15, 0.2) is 0 Å². The second kappa shape index (κ2) is 9.40. The van der Waals surface area contributed by atoms with E-state index in [0.29, 0.717) is 33.3 Å². The number of hydrogen-bond donors (Lipinski definition) is 4. The Bertz CT molecular complexity index is 1410. The van der Waals surface area contributed by atoms with Crippen LogP contribution in [0.2, 0.25) is 5.02 Å². The van der Waals surface area contributed by atoms with Crippen LogP contribution in [0.5, 0.6) is 0 Å². The van der Waals surface area contributed by atoms with Gasteiger partial charge in [-0.2, -0.15) is 5.26 Å². The maximum Gasteiger partial charge on any atom is 0.148 e. The Morgan fingerprint density at radius 3 is 2.65 bits per heavy atom. The van der Waals surface area contributed by atoms with Gasteiger partial charge in [0.1, 0.15) is 25.4 Å². The number of fused-ring (bicyclic) bond motifs is 1. The monoisotopic (exact) mass is 521 g/mol. The molecular formula is C26H27BClF2N7. The SMILES string of the molecule is BC(Nc1cc(Cl)c2ncc(C#N)c(NCC(C)(C)F)c2c1)(C1=CN(C2CC2)NN1)c1ccc(F)cc1. The van der Waals surface area contributed by atoms with Crippen molar-refractivity contribution in [1.29, 1.82) is 5.26 Å². The summed E-state index contributed by atoms with van der Waals surface area (Å²) >= 11 is 6.66. The van der Waals surface area contributed by atoms with Gasteiger partial charge >= 0.3 is 0 Å². The Hall–Kier alpha value is -3.55. The molecule has 5 rings (SSSR count). The molecule has 1 unspecified atom stereocenters. The zero-order valence-electron chi connectivity index (χ0n) is 20.8. The largest absolute Gasteiger partial charge is 0.380 e. The molecule has 1 aliphatic carbocycles. The number of nitriles is 1. The van der Waals surface area contributed by atoms with Gasteiger partial charge < -0.3 is 16.1 Å². The third-order valence-corrected chi connectivity index (χ3v) is 6.90. The number of alkyl halides is 1. The van der Waals surface area contributed by atoms with Gasteiger partial charge in [0.05, 0.1) is 32.9 Å². The standard InChI is InChI=1S/C26H27BClF2N7/c1-25(2,30)14-33-23-15(11-31)12-32-24-20(23)9-18(10-21(24)28)34-26(27,16-3-5-17(29)6-4-16)22-13-37(36-35-22)19-7-8-19/h3-6,9-10,12-13,19,34-36H,7-8,14,27H2,1-2H3,(H,32,33). The van der Waals surface area contributed by atoms with Gasteiger partial charge in [-0.05, 0) is 56.5 Å². The van der Waals surface area contributed by atoms with Crippen LogP contribution < -0.4 is 21.6 Å². The summed E-state index contributed by atoms with van der Waals surface area (Å²) in [6.07, 6.45) is 5.67. The maximum atomic E-state index is 14.3. The Morgan fingerprint density at radius 1 is 1.27 bits per heavy atom. The highest BCUT2D eigenvalue weighted by molar-refractivity contribution is 6.36. The minimum Gasteiger partial charge on any atom is -0.380 e. The summed E-state index contributed by atoms with van der Waals surface area (Å²) in [5.41, 5.74) is 7.71. The summed E-state index contributed by atoms with van der Waals surface area (Å²) in [4.78, 5) is 4.38. The van der Waals surface area contributed by atoms with E-state index in [1.807, 2.05) is 25.1 Å². The van der Waals surface area contributed by atoms with E-state index in [4.69, 9.17) is 11.6 Å². The molecule has 4 N–H and O–H groups in total. The first-order valence-corrected chi connectivity index (χ1v) is 12.5. The van der Waals surface area contributed by atoms with E-state index in [2.05, 4.69) is 32.6 Å². The predicted molar refractivity (Wildman–Crippen MR) is 145 cm³/mol. The predicted octanol–water partition coefficient (Wildman–Crippen LogP) is 4.29. The van der Waals surface area contributed by atoms with E-state index >= 15 is 0 Å². The molecule has 11 heteroatoms. The van der Waals surface area contributed by atoms with Crippen molar-refractivity contribution in [2.75, 3.05) is 17.2 Å². The first kappa shape index (κ1) is 25.1. The molecule has 190 valence electrons. The molecule has 2 aromatic carbocycles. The van der Waals surface area contributed by atoms with Crippen LogP contribution in [0, 0.1) is 17.1 Å². The molecule has 0 radical (unpaired) electrons. The lowest BCUT2D eigenvalue weighted by Gasteiger charge is -2.34. The van der Waals surface area contributed by atoms with E-state index in [1.165, 1.54) is 32.2 Å². The molecular weight excluding hydrogens is 495 g/mol. The lowest BCUT2D eigenvalue weighted by molar-refractivity contribution is 0.235. The number of halogens is 3. The molecule has 1 fully saturated rings. The van der Waals surface area contributed by atoms with Crippen LogP contribution in [-0.4, -0.2) is 36.1 Å². The summed E-state index contributed by atoms with van der Waals surface area (Å²) in [6, 6.07) is 12.5. The molecule has 0 amide bonds. The lowest BCUT2D eigenvalue weighted by atomic mass is 9.69. The fraction of sp³-hybridized carbons (Fsp3) is 0.308. The van der Waals surface area contributed by atoms with E-state index < -0.39 is 11.1 Å². The van der Waals surface area contributed by atoms with Crippen LogP contribution >= 0.6 is 11.6 Å². The van der Waals surface area contributed by atoms with E-state index in [-0.39, 0.29) is 17.9 Å². The van der Waals surface area contributed by atoms with E-state index in [1.54, 1.807) is 18.2 Å². The van der Waals surface area contributed by atoms with Gasteiger partial charge in [0.25, 0.3) is 0 Å². The molecule has 3 aromatic rings. The lowest BCUT2D eigenvalue weighted by Crippen LogP contribution is -2.45. The second-order valence-electron chi connectivity index (χ2n) is 10.3. The topological polar surface area (TPSA) is 88.0 Å². The van der Waals surface area contributed by atoms with Crippen molar-refractivity contribution >= 4 is 41.7 Å². The molecule has 1 aliphatic heterocycles. The average Bonchev–Trinajstić information content (AvgIpc) is 3.58. The fourth-order valence-corrected chi connectivity index (χ4v) is 4.67. The number of hydrazine groups is 2. The number of anilines is 2. The molecule has 2 aliphatic rings. The Balaban J connectivity index is 1.60. The zero-order valence-corrected chi connectivity index (χ0v) is 21.5. The van der Waals surface area contributed by atoms with Crippen molar-refractivity contribution in [2.24, 2.45) is 0 Å². The van der Waals surface area contributed by atoms with Crippen molar-refractivity contribution in [3.05, 3.63) is 76.5 Å². The highest BCUT2D eigenvalue weighted by Gasteiger charge is 2.38. The molecule has 0 bridgehead atoms. The van der Waals surface area contributed by atoms with Crippen LogP contribution in [-0.2, 0) is 5.44 Å². The number of nitrogens with zero attached hydrogens (tertiary/aromatic N) is 3. The summed E-state index contributed by atoms with van der Waals surface area (Å²) in [5.74, 6) is -0.326. The molecule has 37 heavy (non-hydrogen) atoms. The quantitative estimate of drug-likeness (QED) is 0.329. The minimum atomic E-state index is -1.50. The van der Waals surface area contributed by atoms with Gasteiger partial charge in [-0.25, -0.2) is 8.78 Å². The third-order valence-electron chi connectivity index (χ3n) is 6.61. The summed E-state index contributed by atoms with van der Waals surface area (Å²) in [5, 5.41) is 19.3. The van der Waals surface area contributed by atoms with Gasteiger partial charge in [0.2, 0.25) is 0 Å². The van der Waals surface area contributed by atoms with E-state index in [9.17, 15) is 14.0 Å². The summed E-state index contributed by atoms with van der Waals surface area (Å²) in [6.45, 7) is 2.93. The van der Waals surface area contributed by atoms with Crippen LogP contribution in [0.1, 0.15) is 37.8 Å². The van der Waals surface area contributed by atoms with Crippen LogP contribution in [0.4, 0.5) is 20.2 Å². The summed E-state index contributed by atoms with van der Waals surface area (Å²) < 4.78 is 28.1. The smallest absolute Gasteiger partial charge is 0.148 e. The number of rotatable bonds is 8. The van der Waals surface area contributed by atoms with E-state index in [0.717, 1.165) is 24.1 Å².